The van der Waals surface area contributed by atoms with Crippen LogP contribution in [-0.4, -0.2) is 37.1 Å². The van der Waals surface area contributed by atoms with E-state index in [0.717, 1.165) is 17.9 Å². The van der Waals surface area contributed by atoms with Gasteiger partial charge in [0.2, 0.25) is 0 Å². The summed E-state index contributed by atoms with van der Waals surface area (Å²) in [5.74, 6) is 2.05. The van der Waals surface area contributed by atoms with Crippen LogP contribution in [0.25, 0.3) is 0 Å². The number of piperazine rings is 1. The molecule has 0 amide bonds. The molecule has 3 fully saturated rings. The second kappa shape index (κ2) is 7.79. The van der Waals surface area contributed by atoms with Crippen LogP contribution in [0, 0.1) is 11.8 Å². The maximum atomic E-state index is 3.81. The Bertz CT molecular complexity index is 267. The van der Waals surface area contributed by atoms with Crippen LogP contribution in [0.1, 0.15) is 70.6 Å². The second-order valence-corrected chi connectivity index (χ2v) is 7.55. The van der Waals surface area contributed by atoms with E-state index in [9.17, 15) is 0 Å². The summed E-state index contributed by atoms with van der Waals surface area (Å²) >= 11 is 0. The third-order valence-corrected chi connectivity index (χ3v) is 6.07. The van der Waals surface area contributed by atoms with E-state index in [-0.39, 0.29) is 0 Å². The minimum atomic E-state index is 0.801. The zero-order valence-corrected chi connectivity index (χ0v) is 13.3. The number of nitrogens with one attached hydrogen (secondary N) is 1. The molecule has 20 heavy (non-hydrogen) atoms. The van der Waals surface area contributed by atoms with Gasteiger partial charge >= 0.3 is 0 Å². The number of nitrogens with zero attached hydrogens (tertiary/aromatic N) is 1. The molecule has 2 heteroatoms. The molecule has 3 aliphatic rings. The minimum absolute atomic E-state index is 0.801. The van der Waals surface area contributed by atoms with Crippen molar-refractivity contribution in [1.82, 2.24) is 10.2 Å². The van der Waals surface area contributed by atoms with Gasteiger partial charge in [0.15, 0.2) is 0 Å². The quantitative estimate of drug-likeness (QED) is 0.822. The monoisotopic (exact) mass is 278 g/mol. The lowest BCUT2D eigenvalue weighted by atomic mass is 9.83. The largest absolute Gasteiger partial charge is 0.311 e. The van der Waals surface area contributed by atoms with Crippen LogP contribution in [0.5, 0.6) is 0 Å². The van der Waals surface area contributed by atoms with Crippen molar-refractivity contribution in [3.05, 3.63) is 0 Å². The van der Waals surface area contributed by atoms with Gasteiger partial charge in [-0.1, -0.05) is 44.9 Å². The van der Waals surface area contributed by atoms with Gasteiger partial charge in [-0.3, -0.25) is 0 Å². The summed E-state index contributed by atoms with van der Waals surface area (Å²) in [4.78, 5) is 2.75. The first kappa shape index (κ1) is 14.8. The first-order chi connectivity index (χ1) is 9.92. The van der Waals surface area contributed by atoms with Crippen molar-refractivity contribution in [3.8, 4) is 0 Å². The second-order valence-electron chi connectivity index (χ2n) is 7.55. The molecule has 1 aliphatic heterocycles. The van der Waals surface area contributed by atoms with Gasteiger partial charge in [-0.25, -0.2) is 0 Å². The topological polar surface area (TPSA) is 15.3 Å². The highest BCUT2D eigenvalue weighted by atomic mass is 15.2. The van der Waals surface area contributed by atoms with Gasteiger partial charge < -0.3 is 10.2 Å². The molecule has 116 valence electrons. The lowest BCUT2D eigenvalue weighted by molar-refractivity contribution is 0.143. The molecule has 0 aromatic rings. The molecule has 1 N–H and O–H groups in total. The van der Waals surface area contributed by atoms with E-state index < -0.39 is 0 Å². The van der Waals surface area contributed by atoms with Crippen molar-refractivity contribution in [1.29, 1.82) is 0 Å². The Morgan fingerprint density at radius 1 is 0.900 bits per heavy atom. The number of hydrogen-bond donors (Lipinski definition) is 1. The number of rotatable bonds is 5. The molecule has 0 radical (unpaired) electrons. The Morgan fingerprint density at radius 3 is 2.45 bits per heavy atom. The molecule has 3 rings (SSSR count). The third kappa shape index (κ3) is 4.21. The lowest BCUT2D eigenvalue weighted by Gasteiger charge is -2.39. The maximum absolute atomic E-state index is 3.81. The van der Waals surface area contributed by atoms with E-state index >= 15 is 0 Å². The van der Waals surface area contributed by atoms with Gasteiger partial charge in [0.1, 0.15) is 0 Å². The molecular weight excluding hydrogens is 244 g/mol. The Morgan fingerprint density at radius 2 is 1.65 bits per heavy atom. The van der Waals surface area contributed by atoms with Crippen molar-refractivity contribution >= 4 is 0 Å². The lowest BCUT2D eigenvalue weighted by Crippen LogP contribution is -2.54. The van der Waals surface area contributed by atoms with Crippen LogP contribution in [0.3, 0.4) is 0 Å². The van der Waals surface area contributed by atoms with Crippen molar-refractivity contribution < 1.29 is 0 Å². The van der Waals surface area contributed by atoms with Crippen LogP contribution >= 0.6 is 0 Å². The van der Waals surface area contributed by atoms with Gasteiger partial charge in [-0.15, -0.1) is 0 Å². The predicted octanol–water partition coefficient (Wildman–Crippen LogP) is 3.81. The summed E-state index contributed by atoms with van der Waals surface area (Å²) in [5.41, 5.74) is 0. The molecule has 1 atom stereocenters. The van der Waals surface area contributed by atoms with Crippen molar-refractivity contribution in [3.63, 3.8) is 0 Å². The van der Waals surface area contributed by atoms with E-state index in [2.05, 4.69) is 10.2 Å². The highest BCUT2D eigenvalue weighted by Crippen LogP contribution is 2.29. The molecule has 2 saturated carbocycles. The maximum Gasteiger partial charge on any atom is 0.0223 e. The summed E-state index contributed by atoms with van der Waals surface area (Å²) in [6.45, 7) is 5.20. The summed E-state index contributed by atoms with van der Waals surface area (Å²) < 4.78 is 0. The minimum Gasteiger partial charge on any atom is -0.311 e. The highest BCUT2D eigenvalue weighted by molar-refractivity contribution is 4.86. The van der Waals surface area contributed by atoms with Gasteiger partial charge in [-0.05, 0) is 44.1 Å². The Kier molecular flexibility index (Phi) is 5.78. The van der Waals surface area contributed by atoms with Crippen molar-refractivity contribution in [2.45, 2.75) is 76.7 Å². The van der Waals surface area contributed by atoms with E-state index in [4.69, 9.17) is 0 Å². The molecule has 0 aromatic heterocycles. The molecule has 0 spiro atoms. The Labute approximate surface area is 125 Å². The summed E-state index contributed by atoms with van der Waals surface area (Å²) in [6.07, 6.45) is 16.4. The van der Waals surface area contributed by atoms with Gasteiger partial charge in [0, 0.05) is 25.7 Å². The molecule has 0 aromatic carbocycles. The molecule has 2 nitrogen and oxygen atoms in total. The zero-order chi connectivity index (χ0) is 13.6. The molecule has 0 bridgehead atoms. The average molecular weight is 278 g/mol. The van der Waals surface area contributed by atoms with Crippen LogP contribution in [0.15, 0.2) is 0 Å². The molecule has 1 saturated heterocycles. The zero-order valence-electron chi connectivity index (χ0n) is 13.3. The summed E-state index contributed by atoms with van der Waals surface area (Å²) in [5, 5.41) is 3.81. The molecule has 1 heterocycles. The number of hydrogen-bond acceptors (Lipinski definition) is 2. The first-order valence-corrected chi connectivity index (χ1v) is 9.37. The van der Waals surface area contributed by atoms with Gasteiger partial charge in [0.25, 0.3) is 0 Å². The fraction of sp³-hybridized carbons (Fsp3) is 1.00. The third-order valence-electron chi connectivity index (χ3n) is 6.07. The summed E-state index contributed by atoms with van der Waals surface area (Å²) in [6, 6.07) is 0.801. The average Bonchev–Trinajstić information content (AvgIpc) is 3.02. The summed E-state index contributed by atoms with van der Waals surface area (Å²) in [7, 11) is 0. The van der Waals surface area contributed by atoms with E-state index in [1.54, 1.807) is 0 Å². The smallest absolute Gasteiger partial charge is 0.0223 e. The first-order valence-electron chi connectivity index (χ1n) is 9.37. The van der Waals surface area contributed by atoms with Crippen LogP contribution in [-0.2, 0) is 0 Å². The van der Waals surface area contributed by atoms with E-state index in [0.29, 0.717) is 0 Å². The SMILES string of the molecule is C1CCC(C2CN(CCCC3CCCC3)CCN2)CC1. The fourth-order valence-corrected chi connectivity index (χ4v) is 4.80. The molecule has 2 aliphatic carbocycles. The fourth-order valence-electron chi connectivity index (χ4n) is 4.80. The Hall–Kier alpha value is -0.0800. The predicted molar refractivity (Wildman–Crippen MR) is 86.0 cm³/mol. The van der Waals surface area contributed by atoms with E-state index in [1.165, 1.54) is 96.8 Å². The normalized spacial score (nSPS) is 30.9. The molecular formula is C18H34N2. The van der Waals surface area contributed by atoms with Crippen molar-refractivity contribution in [2.24, 2.45) is 11.8 Å². The van der Waals surface area contributed by atoms with Gasteiger partial charge in [0.05, 0.1) is 0 Å². The van der Waals surface area contributed by atoms with Crippen molar-refractivity contribution in [2.75, 3.05) is 26.2 Å². The molecule has 1 unspecified atom stereocenters. The van der Waals surface area contributed by atoms with Gasteiger partial charge in [-0.2, -0.15) is 0 Å². The van der Waals surface area contributed by atoms with Crippen LogP contribution in [0.2, 0.25) is 0 Å². The van der Waals surface area contributed by atoms with Crippen LogP contribution in [0.4, 0.5) is 0 Å². The van der Waals surface area contributed by atoms with Crippen LogP contribution < -0.4 is 5.32 Å². The highest BCUT2D eigenvalue weighted by Gasteiger charge is 2.27. The van der Waals surface area contributed by atoms with E-state index in [1.807, 2.05) is 0 Å². The standard InChI is InChI=1S/C18H34N2/c1-2-10-17(11-3-1)18-15-20(14-12-19-18)13-6-9-16-7-4-5-8-16/h16-19H,1-15H2. The Balaban J connectivity index is 1.36.